The monoisotopic (exact) mass is 172 g/mol. The molecule has 0 atom stereocenters. The lowest BCUT2D eigenvalue weighted by Gasteiger charge is -2.08. The predicted molar refractivity (Wildman–Crippen MR) is 35.4 cm³/mol. The average molecular weight is 172 g/mol. The van der Waals surface area contributed by atoms with Crippen LogP contribution in [-0.4, -0.2) is 20.9 Å². The first kappa shape index (κ1) is 8.59. The van der Waals surface area contributed by atoms with Crippen LogP contribution in [0.15, 0.2) is 6.20 Å². The quantitative estimate of drug-likeness (QED) is 0.663. The fourth-order valence-electron chi connectivity index (χ4n) is 0.724. The summed E-state index contributed by atoms with van der Waals surface area (Å²) in [5, 5.41) is 15.1. The van der Waals surface area contributed by atoms with Crippen molar-refractivity contribution in [3.8, 4) is 6.07 Å². The van der Waals surface area contributed by atoms with Gasteiger partial charge in [0.25, 0.3) is 5.92 Å². The van der Waals surface area contributed by atoms with E-state index >= 15 is 0 Å². The fraction of sp³-hybridized carbons (Fsp3) is 0.500. The summed E-state index contributed by atoms with van der Waals surface area (Å²) in [6, 6.07) is 1.70. The summed E-state index contributed by atoms with van der Waals surface area (Å²) in [5.41, 5.74) is 0.0384. The second kappa shape index (κ2) is 2.85. The van der Waals surface area contributed by atoms with E-state index in [9.17, 15) is 8.78 Å². The van der Waals surface area contributed by atoms with Crippen LogP contribution in [0.2, 0.25) is 0 Å². The minimum absolute atomic E-state index is 0.0384. The number of rotatable bonds is 2. The number of hydrogen-bond acceptors (Lipinski definition) is 3. The van der Waals surface area contributed by atoms with E-state index in [-0.39, 0.29) is 5.69 Å². The standard InChI is InChI=1S/C6H6F2N4/c1-6(7,8)4-12-5(2-9)3-10-11-12/h3H,4H2,1H3. The van der Waals surface area contributed by atoms with E-state index in [1.54, 1.807) is 6.07 Å². The molecule has 0 bridgehead atoms. The van der Waals surface area contributed by atoms with Gasteiger partial charge in [-0.25, -0.2) is 13.5 Å². The Kier molecular flexibility index (Phi) is 2.04. The van der Waals surface area contributed by atoms with Gasteiger partial charge in [-0.2, -0.15) is 5.26 Å². The van der Waals surface area contributed by atoms with E-state index in [0.29, 0.717) is 0 Å². The fourth-order valence-corrected chi connectivity index (χ4v) is 0.724. The highest BCUT2D eigenvalue weighted by Crippen LogP contribution is 2.14. The average Bonchev–Trinajstić information content (AvgIpc) is 2.31. The molecule has 0 saturated heterocycles. The van der Waals surface area contributed by atoms with Gasteiger partial charge in [0.05, 0.1) is 6.20 Å². The first-order valence-electron chi connectivity index (χ1n) is 3.19. The Bertz CT molecular complexity index is 306. The molecular weight excluding hydrogens is 166 g/mol. The van der Waals surface area contributed by atoms with Crippen LogP contribution >= 0.6 is 0 Å². The van der Waals surface area contributed by atoms with Crippen LogP contribution in [0, 0.1) is 11.3 Å². The van der Waals surface area contributed by atoms with Gasteiger partial charge in [-0.15, -0.1) is 5.10 Å². The molecule has 1 rings (SSSR count). The van der Waals surface area contributed by atoms with E-state index in [1.165, 1.54) is 0 Å². The van der Waals surface area contributed by atoms with Gasteiger partial charge in [0.2, 0.25) is 0 Å². The van der Waals surface area contributed by atoms with Crippen molar-refractivity contribution in [1.29, 1.82) is 5.26 Å². The Labute approximate surface area is 67.4 Å². The molecule has 0 fully saturated rings. The highest BCUT2D eigenvalue weighted by molar-refractivity contribution is 5.14. The molecule has 4 nitrogen and oxygen atoms in total. The van der Waals surface area contributed by atoms with Crippen molar-refractivity contribution in [3.05, 3.63) is 11.9 Å². The van der Waals surface area contributed by atoms with Gasteiger partial charge in [0, 0.05) is 6.92 Å². The second-order valence-corrected chi connectivity index (χ2v) is 2.46. The molecule has 0 amide bonds. The van der Waals surface area contributed by atoms with Crippen LogP contribution in [0.4, 0.5) is 8.78 Å². The topological polar surface area (TPSA) is 54.5 Å². The largest absolute Gasteiger partial charge is 0.264 e. The molecular formula is C6H6F2N4. The van der Waals surface area contributed by atoms with Crippen LogP contribution < -0.4 is 0 Å². The van der Waals surface area contributed by atoms with Gasteiger partial charge in [0.15, 0.2) is 5.69 Å². The molecule has 0 unspecified atom stereocenters. The second-order valence-electron chi connectivity index (χ2n) is 2.46. The molecule has 6 heteroatoms. The first-order chi connectivity index (χ1) is 5.53. The van der Waals surface area contributed by atoms with Crippen LogP contribution in [0.1, 0.15) is 12.6 Å². The van der Waals surface area contributed by atoms with Crippen molar-refractivity contribution in [3.63, 3.8) is 0 Å². The molecule has 0 saturated carbocycles. The van der Waals surface area contributed by atoms with Crippen LogP contribution in [0.3, 0.4) is 0 Å². The number of halogens is 2. The lowest BCUT2D eigenvalue weighted by Crippen LogP contribution is -2.21. The summed E-state index contributed by atoms with van der Waals surface area (Å²) >= 11 is 0. The lowest BCUT2D eigenvalue weighted by atomic mass is 10.4. The normalized spacial score (nSPS) is 11.2. The van der Waals surface area contributed by atoms with Gasteiger partial charge in [-0.3, -0.25) is 0 Å². The zero-order chi connectivity index (χ0) is 9.19. The van der Waals surface area contributed by atoms with E-state index in [1.807, 2.05) is 0 Å². The summed E-state index contributed by atoms with van der Waals surface area (Å²) in [4.78, 5) is 0. The molecule has 1 aromatic rings. The predicted octanol–water partition coefficient (Wildman–Crippen LogP) is 0.805. The Balaban J connectivity index is 2.84. The van der Waals surface area contributed by atoms with E-state index in [0.717, 1.165) is 17.8 Å². The van der Waals surface area contributed by atoms with Gasteiger partial charge in [-0.1, -0.05) is 5.21 Å². The summed E-state index contributed by atoms with van der Waals surface area (Å²) in [5.74, 6) is -2.88. The van der Waals surface area contributed by atoms with Gasteiger partial charge in [0.1, 0.15) is 12.6 Å². The van der Waals surface area contributed by atoms with Gasteiger partial charge in [-0.05, 0) is 0 Å². The number of aromatic nitrogens is 3. The van der Waals surface area contributed by atoms with Crippen LogP contribution in [-0.2, 0) is 6.54 Å². The molecule has 0 aromatic carbocycles. The maximum absolute atomic E-state index is 12.4. The molecule has 1 heterocycles. The van der Waals surface area contributed by atoms with Crippen molar-refractivity contribution in [2.24, 2.45) is 0 Å². The van der Waals surface area contributed by atoms with E-state index < -0.39 is 12.5 Å². The highest BCUT2D eigenvalue weighted by Gasteiger charge is 2.23. The number of nitrogens with zero attached hydrogens (tertiary/aromatic N) is 4. The van der Waals surface area contributed by atoms with E-state index in [2.05, 4.69) is 10.3 Å². The van der Waals surface area contributed by atoms with Gasteiger partial charge >= 0.3 is 0 Å². The van der Waals surface area contributed by atoms with Crippen molar-refractivity contribution < 1.29 is 8.78 Å². The van der Waals surface area contributed by atoms with Crippen molar-refractivity contribution in [2.75, 3.05) is 0 Å². The van der Waals surface area contributed by atoms with Gasteiger partial charge < -0.3 is 0 Å². The summed E-state index contributed by atoms with van der Waals surface area (Å²) in [6.07, 6.45) is 1.14. The van der Waals surface area contributed by atoms with Crippen molar-refractivity contribution >= 4 is 0 Å². The molecule has 0 aliphatic carbocycles. The lowest BCUT2D eigenvalue weighted by molar-refractivity contribution is -0.000145. The van der Waals surface area contributed by atoms with E-state index in [4.69, 9.17) is 5.26 Å². The maximum Gasteiger partial charge on any atom is 0.264 e. The first-order valence-corrected chi connectivity index (χ1v) is 3.19. The Morgan fingerprint density at radius 2 is 2.42 bits per heavy atom. The summed E-state index contributed by atoms with van der Waals surface area (Å²) in [6.45, 7) is 0.145. The summed E-state index contributed by atoms with van der Waals surface area (Å²) in [7, 11) is 0. The highest BCUT2D eigenvalue weighted by atomic mass is 19.3. The SMILES string of the molecule is CC(F)(F)Cn1nncc1C#N. The molecule has 64 valence electrons. The van der Waals surface area contributed by atoms with Crippen LogP contribution in [0.25, 0.3) is 0 Å². The zero-order valence-electron chi connectivity index (χ0n) is 6.33. The Morgan fingerprint density at radius 1 is 1.75 bits per heavy atom. The molecule has 1 aromatic heterocycles. The third-order valence-electron chi connectivity index (χ3n) is 1.16. The summed E-state index contributed by atoms with van der Waals surface area (Å²) < 4.78 is 25.7. The molecule has 0 radical (unpaired) electrons. The third kappa shape index (κ3) is 1.99. The molecule has 12 heavy (non-hydrogen) atoms. The Hall–Kier alpha value is -1.51. The van der Waals surface area contributed by atoms with Crippen molar-refractivity contribution in [2.45, 2.75) is 19.4 Å². The maximum atomic E-state index is 12.4. The smallest absolute Gasteiger partial charge is 0.229 e. The third-order valence-corrected chi connectivity index (χ3v) is 1.16. The minimum Gasteiger partial charge on any atom is -0.229 e. The Morgan fingerprint density at radius 3 is 2.92 bits per heavy atom. The molecule has 0 aliphatic heterocycles. The number of alkyl halides is 2. The number of nitriles is 1. The molecule has 0 aliphatic rings. The van der Waals surface area contributed by atoms with Crippen molar-refractivity contribution in [1.82, 2.24) is 15.0 Å². The minimum atomic E-state index is -2.88. The molecule has 0 spiro atoms. The molecule has 0 N–H and O–H groups in total. The van der Waals surface area contributed by atoms with Crippen LogP contribution in [0.5, 0.6) is 0 Å². The zero-order valence-corrected chi connectivity index (χ0v) is 6.33. The number of hydrogen-bond donors (Lipinski definition) is 0.